The van der Waals surface area contributed by atoms with E-state index in [9.17, 15) is 0 Å². The van der Waals surface area contributed by atoms with Crippen molar-refractivity contribution >= 4 is 0 Å². The smallest absolute Gasteiger partial charge is 0.0223 e. The highest BCUT2D eigenvalue weighted by atomic mass is 15.3. The first-order valence-corrected chi connectivity index (χ1v) is 7.49. The Balaban J connectivity index is 1.73. The quantitative estimate of drug-likeness (QED) is 0.785. The van der Waals surface area contributed by atoms with Crippen LogP contribution in [0.25, 0.3) is 0 Å². The molecule has 2 aliphatic rings. The minimum atomic E-state index is 0.669. The Bertz CT molecular complexity index is 220. The maximum atomic E-state index is 3.51. The summed E-state index contributed by atoms with van der Waals surface area (Å²) in [4.78, 5) is 5.41. The van der Waals surface area contributed by atoms with Gasteiger partial charge in [-0.05, 0) is 65.3 Å². The molecule has 2 heterocycles. The number of nitrogens with zero attached hydrogens (tertiary/aromatic N) is 2. The Morgan fingerprint density at radius 1 is 1.24 bits per heavy atom. The fraction of sp³-hybridized carbons (Fsp3) is 1.00. The van der Waals surface area contributed by atoms with Gasteiger partial charge in [0.15, 0.2) is 0 Å². The number of fused-ring (bicyclic) bond motifs is 1. The van der Waals surface area contributed by atoms with Crippen LogP contribution >= 0.6 is 0 Å². The molecule has 2 fully saturated rings. The molecule has 0 radical (unpaired) electrons. The van der Waals surface area contributed by atoms with E-state index in [0.29, 0.717) is 6.04 Å². The molecule has 3 nitrogen and oxygen atoms in total. The first-order chi connectivity index (χ1) is 8.29. The lowest BCUT2D eigenvalue weighted by Gasteiger charge is -2.26. The Kier molecular flexibility index (Phi) is 5.26. The molecule has 2 unspecified atom stereocenters. The third kappa shape index (κ3) is 3.94. The van der Waals surface area contributed by atoms with E-state index in [-0.39, 0.29) is 0 Å². The number of nitrogens with one attached hydrogen (secondary N) is 1. The normalized spacial score (nSPS) is 28.9. The van der Waals surface area contributed by atoms with Gasteiger partial charge in [0.05, 0.1) is 0 Å². The van der Waals surface area contributed by atoms with Gasteiger partial charge in [0.2, 0.25) is 0 Å². The van der Waals surface area contributed by atoms with Crippen LogP contribution in [0.1, 0.15) is 39.5 Å². The Labute approximate surface area is 107 Å². The van der Waals surface area contributed by atoms with Crippen LogP contribution in [-0.4, -0.2) is 61.2 Å². The van der Waals surface area contributed by atoms with Crippen LogP contribution in [0, 0.1) is 0 Å². The summed E-state index contributed by atoms with van der Waals surface area (Å²) in [6.45, 7) is 12.2. The zero-order chi connectivity index (χ0) is 12.1. The molecule has 0 amide bonds. The molecule has 100 valence electrons. The van der Waals surface area contributed by atoms with Gasteiger partial charge in [-0.15, -0.1) is 0 Å². The van der Waals surface area contributed by atoms with Gasteiger partial charge in [-0.2, -0.15) is 0 Å². The first-order valence-electron chi connectivity index (χ1n) is 7.49. The molecular formula is C14H29N3. The Morgan fingerprint density at radius 2 is 2.06 bits per heavy atom. The first kappa shape index (κ1) is 13.3. The van der Waals surface area contributed by atoms with Crippen molar-refractivity contribution in [1.82, 2.24) is 15.1 Å². The van der Waals surface area contributed by atoms with Gasteiger partial charge >= 0.3 is 0 Å². The zero-order valence-electron chi connectivity index (χ0n) is 11.6. The minimum Gasteiger partial charge on any atom is -0.314 e. The van der Waals surface area contributed by atoms with Crippen molar-refractivity contribution in [1.29, 1.82) is 0 Å². The Morgan fingerprint density at radius 3 is 2.88 bits per heavy atom. The van der Waals surface area contributed by atoms with Crippen LogP contribution < -0.4 is 5.32 Å². The second-order valence-corrected chi connectivity index (χ2v) is 5.73. The highest BCUT2D eigenvalue weighted by Gasteiger charge is 2.28. The van der Waals surface area contributed by atoms with Crippen LogP contribution in [0.5, 0.6) is 0 Å². The van der Waals surface area contributed by atoms with E-state index in [2.05, 4.69) is 29.0 Å². The maximum absolute atomic E-state index is 3.51. The maximum Gasteiger partial charge on any atom is 0.0223 e. The molecule has 17 heavy (non-hydrogen) atoms. The summed E-state index contributed by atoms with van der Waals surface area (Å²) in [5.74, 6) is 0. The van der Waals surface area contributed by atoms with Gasteiger partial charge in [0.25, 0.3) is 0 Å². The van der Waals surface area contributed by atoms with Gasteiger partial charge in [-0.3, -0.25) is 4.90 Å². The molecule has 2 rings (SSSR count). The van der Waals surface area contributed by atoms with Crippen molar-refractivity contribution in [3.63, 3.8) is 0 Å². The summed E-state index contributed by atoms with van der Waals surface area (Å²) in [6, 6.07) is 1.54. The van der Waals surface area contributed by atoms with Gasteiger partial charge in [-0.25, -0.2) is 0 Å². The summed E-state index contributed by atoms with van der Waals surface area (Å²) < 4.78 is 0. The molecule has 0 aromatic carbocycles. The number of hydrogen-bond donors (Lipinski definition) is 1. The summed E-state index contributed by atoms with van der Waals surface area (Å²) in [5.41, 5.74) is 0. The molecule has 2 saturated heterocycles. The number of hydrogen-bond acceptors (Lipinski definition) is 3. The lowest BCUT2D eigenvalue weighted by atomic mass is 10.2. The van der Waals surface area contributed by atoms with Crippen molar-refractivity contribution in [3.8, 4) is 0 Å². The van der Waals surface area contributed by atoms with Crippen LogP contribution in [0.4, 0.5) is 0 Å². The van der Waals surface area contributed by atoms with E-state index in [1.165, 1.54) is 58.4 Å². The van der Waals surface area contributed by atoms with Crippen molar-refractivity contribution in [2.45, 2.75) is 51.6 Å². The molecule has 3 heteroatoms. The summed E-state index contributed by atoms with van der Waals surface area (Å²) in [5, 5.41) is 3.51. The molecule has 0 bridgehead atoms. The highest BCUT2D eigenvalue weighted by molar-refractivity contribution is 4.85. The van der Waals surface area contributed by atoms with E-state index < -0.39 is 0 Å². The molecule has 0 aromatic heterocycles. The monoisotopic (exact) mass is 239 g/mol. The molecule has 0 aromatic rings. The van der Waals surface area contributed by atoms with Crippen LogP contribution in [0.15, 0.2) is 0 Å². The summed E-state index contributed by atoms with van der Waals surface area (Å²) in [6.07, 6.45) is 5.51. The van der Waals surface area contributed by atoms with Crippen molar-refractivity contribution in [2.24, 2.45) is 0 Å². The largest absolute Gasteiger partial charge is 0.314 e. The van der Waals surface area contributed by atoms with Gasteiger partial charge in [0.1, 0.15) is 0 Å². The Hall–Kier alpha value is -0.120. The molecular weight excluding hydrogens is 210 g/mol. The van der Waals surface area contributed by atoms with Gasteiger partial charge < -0.3 is 10.2 Å². The molecule has 0 spiro atoms. The van der Waals surface area contributed by atoms with E-state index in [1.807, 2.05) is 0 Å². The van der Waals surface area contributed by atoms with E-state index in [0.717, 1.165) is 12.6 Å². The molecule has 0 aliphatic carbocycles. The average molecular weight is 239 g/mol. The van der Waals surface area contributed by atoms with E-state index >= 15 is 0 Å². The molecule has 2 aliphatic heterocycles. The van der Waals surface area contributed by atoms with Gasteiger partial charge in [-0.1, -0.05) is 6.92 Å². The average Bonchev–Trinajstić information content (AvgIpc) is 2.65. The van der Waals surface area contributed by atoms with Crippen LogP contribution in [-0.2, 0) is 0 Å². The van der Waals surface area contributed by atoms with Crippen LogP contribution in [0.2, 0.25) is 0 Å². The summed E-state index contributed by atoms with van der Waals surface area (Å²) >= 11 is 0. The second-order valence-electron chi connectivity index (χ2n) is 5.73. The second kappa shape index (κ2) is 6.72. The molecule has 1 N–H and O–H groups in total. The fourth-order valence-electron chi connectivity index (χ4n) is 3.31. The van der Waals surface area contributed by atoms with E-state index in [4.69, 9.17) is 0 Å². The standard InChI is InChI=1S/C14H29N3/c1-3-15-13(2)7-11-16-8-5-10-17-9-4-6-14(17)12-16/h13-15H,3-12H2,1-2H3. The topological polar surface area (TPSA) is 18.5 Å². The van der Waals surface area contributed by atoms with Crippen molar-refractivity contribution in [3.05, 3.63) is 0 Å². The lowest BCUT2D eigenvalue weighted by molar-refractivity contribution is 0.214. The molecule has 0 saturated carbocycles. The fourth-order valence-corrected chi connectivity index (χ4v) is 3.31. The van der Waals surface area contributed by atoms with Gasteiger partial charge in [0, 0.05) is 18.6 Å². The number of rotatable bonds is 5. The van der Waals surface area contributed by atoms with E-state index in [1.54, 1.807) is 0 Å². The zero-order valence-corrected chi connectivity index (χ0v) is 11.6. The van der Waals surface area contributed by atoms with Crippen LogP contribution in [0.3, 0.4) is 0 Å². The van der Waals surface area contributed by atoms with Crippen molar-refractivity contribution < 1.29 is 0 Å². The third-order valence-electron chi connectivity index (χ3n) is 4.32. The minimum absolute atomic E-state index is 0.669. The highest BCUT2D eigenvalue weighted by Crippen LogP contribution is 2.21. The van der Waals surface area contributed by atoms with Crippen molar-refractivity contribution in [2.75, 3.05) is 39.3 Å². The molecule has 2 atom stereocenters. The predicted octanol–water partition coefficient (Wildman–Crippen LogP) is 1.54. The third-order valence-corrected chi connectivity index (χ3v) is 4.32. The lowest BCUT2D eigenvalue weighted by Crippen LogP contribution is -2.38. The SMILES string of the molecule is CCNC(C)CCN1CCCN2CCCC2C1. The summed E-state index contributed by atoms with van der Waals surface area (Å²) in [7, 11) is 0. The predicted molar refractivity (Wildman–Crippen MR) is 73.4 cm³/mol.